The number of hydrogen-bond donors (Lipinski definition) is 2. The third kappa shape index (κ3) is 3.08. The first-order valence-electron chi connectivity index (χ1n) is 6.42. The molecule has 6 nitrogen and oxygen atoms in total. The van der Waals surface area contributed by atoms with Crippen molar-refractivity contribution < 1.29 is 9.47 Å². The third-order valence-electron chi connectivity index (χ3n) is 3.56. The molecule has 110 valence electrons. The van der Waals surface area contributed by atoms with Crippen LogP contribution in [0.25, 0.3) is 0 Å². The van der Waals surface area contributed by atoms with Crippen molar-refractivity contribution in [3.63, 3.8) is 0 Å². The monoisotopic (exact) mass is 298 g/mol. The third-order valence-corrected chi connectivity index (χ3v) is 3.56. The summed E-state index contributed by atoms with van der Waals surface area (Å²) in [6, 6.07) is 6.08. The van der Waals surface area contributed by atoms with Crippen molar-refractivity contribution in [3.05, 3.63) is 23.8 Å². The van der Waals surface area contributed by atoms with Crippen molar-refractivity contribution in [1.82, 2.24) is 9.80 Å². The molecular formula is C13H19ClN4O2. The van der Waals surface area contributed by atoms with Gasteiger partial charge in [0.05, 0.1) is 0 Å². The molecule has 1 aromatic rings. The molecule has 0 aliphatic carbocycles. The summed E-state index contributed by atoms with van der Waals surface area (Å²) in [5.41, 5.74) is 6.71. The predicted molar refractivity (Wildman–Crippen MR) is 78.6 cm³/mol. The molecule has 3 rings (SSSR count). The number of guanidine groups is 1. The molecule has 0 amide bonds. The summed E-state index contributed by atoms with van der Waals surface area (Å²) in [7, 11) is 0. The van der Waals surface area contributed by atoms with Crippen LogP contribution < -0.4 is 15.2 Å². The Balaban J connectivity index is 0.00000147. The predicted octanol–water partition coefficient (Wildman–Crippen LogP) is 0.848. The van der Waals surface area contributed by atoms with Crippen LogP contribution in [0.4, 0.5) is 0 Å². The molecular weight excluding hydrogens is 280 g/mol. The molecule has 0 spiro atoms. The minimum atomic E-state index is 0. The number of halogens is 1. The highest BCUT2D eigenvalue weighted by molar-refractivity contribution is 5.85. The molecule has 2 heterocycles. The minimum absolute atomic E-state index is 0. The zero-order valence-electron chi connectivity index (χ0n) is 11.2. The number of fused-ring (bicyclic) bond motifs is 1. The van der Waals surface area contributed by atoms with Gasteiger partial charge in [0.25, 0.3) is 0 Å². The quantitative estimate of drug-likeness (QED) is 0.625. The standard InChI is InChI=1S/C13H18N4O2.ClH/c14-13(15)17-5-3-16(4-6-17)8-10-1-2-11-12(7-10)19-9-18-11;/h1-2,7H,3-6,8-9H2,(H3,14,15);1H. The Morgan fingerprint density at radius 2 is 1.85 bits per heavy atom. The highest BCUT2D eigenvalue weighted by atomic mass is 35.5. The summed E-state index contributed by atoms with van der Waals surface area (Å²) in [5, 5.41) is 7.41. The molecule has 2 aliphatic rings. The molecule has 0 unspecified atom stereocenters. The fourth-order valence-corrected chi connectivity index (χ4v) is 2.44. The van der Waals surface area contributed by atoms with Crippen molar-refractivity contribution in [2.45, 2.75) is 6.54 Å². The largest absolute Gasteiger partial charge is 0.454 e. The van der Waals surface area contributed by atoms with Crippen LogP contribution in [0.2, 0.25) is 0 Å². The maximum atomic E-state index is 7.41. The van der Waals surface area contributed by atoms with Gasteiger partial charge in [-0.25, -0.2) is 0 Å². The Morgan fingerprint density at radius 1 is 1.15 bits per heavy atom. The lowest BCUT2D eigenvalue weighted by atomic mass is 10.1. The maximum Gasteiger partial charge on any atom is 0.231 e. The molecule has 0 saturated carbocycles. The maximum absolute atomic E-state index is 7.41. The van der Waals surface area contributed by atoms with Gasteiger partial charge in [-0.2, -0.15) is 0 Å². The first-order chi connectivity index (χ1) is 9.22. The van der Waals surface area contributed by atoms with E-state index in [0.29, 0.717) is 6.79 Å². The first kappa shape index (κ1) is 14.7. The number of benzene rings is 1. The van der Waals surface area contributed by atoms with E-state index in [4.69, 9.17) is 20.6 Å². The van der Waals surface area contributed by atoms with Gasteiger partial charge in [-0.1, -0.05) is 6.07 Å². The van der Waals surface area contributed by atoms with Crippen molar-refractivity contribution in [2.24, 2.45) is 5.73 Å². The second-order valence-corrected chi connectivity index (χ2v) is 4.84. The van der Waals surface area contributed by atoms with Gasteiger partial charge in [-0.05, 0) is 17.7 Å². The van der Waals surface area contributed by atoms with Gasteiger partial charge in [0.15, 0.2) is 17.5 Å². The van der Waals surface area contributed by atoms with E-state index >= 15 is 0 Å². The first-order valence-corrected chi connectivity index (χ1v) is 6.42. The van der Waals surface area contributed by atoms with Crippen LogP contribution in [0.3, 0.4) is 0 Å². The Hall–Kier alpha value is -1.66. The van der Waals surface area contributed by atoms with Crippen molar-refractivity contribution >= 4 is 18.4 Å². The van der Waals surface area contributed by atoms with E-state index in [9.17, 15) is 0 Å². The van der Waals surface area contributed by atoms with Crippen LogP contribution in [0.1, 0.15) is 5.56 Å². The second kappa shape index (κ2) is 6.19. The Bertz CT molecular complexity index is 489. The normalized spacial score (nSPS) is 17.7. The number of nitrogens with zero attached hydrogens (tertiary/aromatic N) is 2. The van der Waals surface area contributed by atoms with Gasteiger partial charge in [0.2, 0.25) is 6.79 Å². The van der Waals surface area contributed by atoms with Crippen LogP contribution in [-0.2, 0) is 6.54 Å². The van der Waals surface area contributed by atoms with Gasteiger partial charge in [0, 0.05) is 32.7 Å². The highest BCUT2D eigenvalue weighted by Crippen LogP contribution is 2.32. The molecule has 0 radical (unpaired) electrons. The van der Waals surface area contributed by atoms with E-state index in [1.54, 1.807) is 0 Å². The van der Waals surface area contributed by atoms with Crippen LogP contribution in [0.5, 0.6) is 11.5 Å². The molecule has 1 saturated heterocycles. The lowest BCUT2D eigenvalue weighted by molar-refractivity contribution is 0.172. The zero-order valence-corrected chi connectivity index (χ0v) is 12.0. The number of ether oxygens (including phenoxy) is 2. The van der Waals surface area contributed by atoms with Crippen LogP contribution in [0.15, 0.2) is 18.2 Å². The summed E-state index contributed by atoms with van der Waals surface area (Å²) in [6.07, 6.45) is 0. The molecule has 3 N–H and O–H groups in total. The Morgan fingerprint density at radius 3 is 2.55 bits per heavy atom. The van der Waals surface area contributed by atoms with E-state index < -0.39 is 0 Å². The second-order valence-electron chi connectivity index (χ2n) is 4.84. The van der Waals surface area contributed by atoms with Crippen molar-refractivity contribution in [2.75, 3.05) is 33.0 Å². The minimum Gasteiger partial charge on any atom is -0.454 e. The lowest BCUT2D eigenvalue weighted by Gasteiger charge is -2.34. The van der Waals surface area contributed by atoms with Crippen molar-refractivity contribution in [3.8, 4) is 11.5 Å². The van der Waals surface area contributed by atoms with Gasteiger partial charge >= 0.3 is 0 Å². The Labute approximate surface area is 124 Å². The molecule has 7 heteroatoms. The van der Waals surface area contributed by atoms with Gasteiger partial charge in [-0.15, -0.1) is 12.4 Å². The molecule has 0 bridgehead atoms. The average molecular weight is 299 g/mol. The van der Waals surface area contributed by atoms with E-state index in [0.717, 1.165) is 44.2 Å². The van der Waals surface area contributed by atoms with Gasteiger partial charge in [0.1, 0.15) is 0 Å². The number of nitrogens with two attached hydrogens (primary N) is 1. The highest BCUT2D eigenvalue weighted by Gasteiger charge is 2.19. The number of nitrogens with one attached hydrogen (secondary N) is 1. The van der Waals surface area contributed by atoms with E-state index in [2.05, 4.69) is 11.0 Å². The van der Waals surface area contributed by atoms with Gasteiger partial charge in [-0.3, -0.25) is 10.3 Å². The number of piperazine rings is 1. The van der Waals surface area contributed by atoms with Crippen molar-refractivity contribution in [1.29, 1.82) is 5.41 Å². The summed E-state index contributed by atoms with van der Waals surface area (Å²) < 4.78 is 10.7. The van der Waals surface area contributed by atoms with E-state index in [-0.39, 0.29) is 18.4 Å². The molecule has 0 aromatic heterocycles. The topological polar surface area (TPSA) is 74.8 Å². The molecule has 1 fully saturated rings. The average Bonchev–Trinajstić information content (AvgIpc) is 2.87. The molecule has 0 atom stereocenters. The number of rotatable bonds is 2. The summed E-state index contributed by atoms with van der Waals surface area (Å²) in [6.45, 7) is 4.69. The zero-order chi connectivity index (χ0) is 13.2. The summed E-state index contributed by atoms with van der Waals surface area (Å²) in [4.78, 5) is 4.26. The molecule has 1 aromatic carbocycles. The van der Waals surface area contributed by atoms with E-state index in [1.165, 1.54) is 5.56 Å². The fourth-order valence-electron chi connectivity index (χ4n) is 2.44. The molecule has 2 aliphatic heterocycles. The smallest absolute Gasteiger partial charge is 0.231 e. The Kier molecular flexibility index (Phi) is 4.57. The SMILES string of the molecule is Cl.N=C(N)N1CCN(Cc2ccc3c(c2)OCO3)CC1. The van der Waals surface area contributed by atoms with Gasteiger partial charge < -0.3 is 20.1 Å². The fraction of sp³-hybridized carbons (Fsp3) is 0.462. The van der Waals surface area contributed by atoms with E-state index in [1.807, 2.05) is 17.0 Å². The summed E-state index contributed by atoms with van der Waals surface area (Å²) >= 11 is 0. The summed E-state index contributed by atoms with van der Waals surface area (Å²) in [5.74, 6) is 1.83. The lowest BCUT2D eigenvalue weighted by Crippen LogP contribution is -2.50. The van der Waals surface area contributed by atoms with Crippen LogP contribution in [0, 0.1) is 5.41 Å². The number of hydrogen-bond acceptors (Lipinski definition) is 4. The molecule has 20 heavy (non-hydrogen) atoms. The van der Waals surface area contributed by atoms with Crippen LogP contribution >= 0.6 is 12.4 Å². The van der Waals surface area contributed by atoms with Crippen LogP contribution in [-0.4, -0.2) is 48.7 Å².